The Labute approximate surface area is 532 Å². The number of fused-ring (bicyclic) bond motifs is 2. The molecule has 506 valence electrons. The molecule has 94 heavy (non-hydrogen) atoms. The summed E-state index contributed by atoms with van der Waals surface area (Å²) in [6.45, 7) is 1.79. The maximum atomic E-state index is 13.9. The Bertz CT molecular complexity index is 3450. The first kappa shape index (κ1) is 75.0. The van der Waals surface area contributed by atoms with Crippen LogP contribution in [0.5, 0.6) is 11.5 Å². The van der Waals surface area contributed by atoms with Gasteiger partial charge in [-0.3, -0.25) is 71.9 Å². The maximum absolute atomic E-state index is 13.9. The number of carboxylic acid groups (broad SMARTS) is 7. The summed E-state index contributed by atoms with van der Waals surface area (Å²) in [7, 11) is 3.04. The molecular weight excluding hydrogens is 1250 g/mol. The van der Waals surface area contributed by atoms with Crippen molar-refractivity contribution in [3.8, 4) is 11.5 Å². The molecule has 4 aromatic carbocycles. The average Bonchev–Trinajstić information content (AvgIpc) is 0.841. The molecule has 0 aliphatic carbocycles. The summed E-state index contributed by atoms with van der Waals surface area (Å²) in [6, 6.07) is 7.60. The van der Waals surface area contributed by atoms with Crippen LogP contribution in [-0.2, 0) is 86.2 Å². The Morgan fingerprint density at radius 3 is 0.979 bits per heavy atom. The quantitative estimate of drug-likeness (QED) is 0.0249. The van der Waals surface area contributed by atoms with E-state index in [1.165, 1.54) is 14.2 Å². The number of methoxy groups -OCH3 is 2. The van der Waals surface area contributed by atoms with Crippen molar-refractivity contribution in [1.82, 2.24) is 36.8 Å². The molecule has 0 saturated carbocycles. The van der Waals surface area contributed by atoms with Gasteiger partial charge < -0.3 is 91.5 Å². The number of carbonyl (C=O) groups excluding carboxylic acids is 9. The minimum Gasteiger partial charge on any atom is -0.497 e. The van der Waals surface area contributed by atoms with Crippen LogP contribution in [0.4, 0.5) is 0 Å². The normalized spacial score (nSPS) is 13.4. The van der Waals surface area contributed by atoms with E-state index < -0.39 is 208 Å². The number of carboxylic acids is 7. The largest absolute Gasteiger partial charge is 0.497 e. The molecule has 0 aliphatic heterocycles. The van der Waals surface area contributed by atoms with Crippen molar-refractivity contribution in [2.24, 2.45) is 0 Å². The zero-order valence-electron chi connectivity index (χ0n) is 50.8. The highest BCUT2D eigenvalue weighted by atomic mass is 16.5. The van der Waals surface area contributed by atoms with Gasteiger partial charge in [0.2, 0.25) is 41.4 Å². The van der Waals surface area contributed by atoms with Crippen LogP contribution in [0, 0.1) is 0 Å². The number of hydrogen-bond donors (Lipinski definition) is 13. The smallest absolute Gasteiger partial charge is 0.326 e. The van der Waals surface area contributed by atoms with E-state index in [9.17, 15) is 107 Å². The summed E-state index contributed by atoms with van der Waals surface area (Å²) >= 11 is 0. The number of nitrogens with zero attached hydrogens (tertiary/aromatic N) is 1. The molecule has 0 unspecified atom stereocenters. The van der Waals surface area contributed by atoms with Crippen LogP contribution in [-0.4, -0.2) is 212 Å². The lowest BCUT2D eigenvalue weighted by Crippen LogP contribution is -2.60. The van der Waals surface area contributed by atoms with Crippen LogP contribution in [0.3, 0.4) is 0 Å². The molecule has 0 aliphatic rings. The number of nitrogens with one attached hydrogen (secondary N) is 6. The van der Waals surface area contributed by atoms with Gasteiger partial charge in [-0.2, -0.15) is 0 Å². The molecule has 7 amide bonds. The third-order valence-electron chi connectivity index (χ3n) is 14.1. The molecule has 0 heterocycles. The second kappa shape index (κ2) is 35.8. The van der Waals surface area contributed by atoms with Crippen molar-refractivity contribution < 1.29 is 131 Å². The lowest BCUT2D eigenvalue weighted by molar-refractivity contribution is -0.149. The van der Waals surface area contributed by atoms with Gasteiger partial charge in [-0.25, -0.2) is 4.79 Å². The molecule has 0 radical (unpaired) electrons. The van der Waals surface area contributed by atoms with E-state index in [4.69, 9.17) is 24.1 Å². The Hall–Kier alpha value is -11.5. The number of carbonyl (C=O) groups is 16. The molecule has 0 aromatic heterocycles. The van der Waals surface area contributed by atoms with E-state index in [1.54, 1.807) is 83.6 Å². The van der Waals surface area contributed by atoms with Gasteiger partial charge in [0, 0.05) is 12.8 Å². The Kier molecular flexibility index (Phi) is 28.5. The molecule has 0 spiro atoms. The Morgan fingerprint density at radius 1 is 0.383 bits per heavy atom. The number of aliphatic carboxylic acids is 7. The molecule has 34 heteroatoms. The summed E-state index contributed by atoms with van der Waals surface area (Å²) in [5.74, 6) is -24.8. The molecule has 8 atom stereocenters. The molecule has 0 fully saturated rings. The van der Waals surface area contributed by atoms with Gasteiger partial charge in [0.25, 0.3) is 0 Å². The highest BCUT2D eigenvalue weighted by molar-refractivity contribution is 6.01. The van der Waals surface area contributed by atoms with E-state index in [-0.39, 0.29) is 13.1 Å². The van der Waals surface area contributed by atoms with E-state index in [0.717, 1.165) is 26.4 Å². The zero-order valence-corrected chi connectivity index (χ0v) is 50.8. The Morgan fingerprint density at radius 2 is 0.670 bits per heavy atom. The third-order valence-corrected chi connectivity index (χ3v) is 14.1. The molecule has 4 aromatic rings. The van der Waals surface area contributed by atoms with Gasteiger partial charge in [-0.1, -0.05) is 48.5 Å². The number of hydrogen-bond acceptors (Lipinski definition) is 20. The molecule has 0 saturated heterocycles. The molecule has 13 N–H and O–H groups in total. The van der Waals surface area contributed by atoms with Crippen molar-refractivity contribution in [3.05, 3.63) is 83.9 Å². The molecule has 0 bridgehead atoms. The second-order valence-corrected chi connectivity index (χ2v) is 21.0. The topological polar surface area (TPSA) is 527 Å². The first-order chi connectivity index (χ1) is 44.3. The lowest BCUT2D eigenvalue weighted by atomic mass is 9.98. The maximum Gasteiger partial charge on any atom is 0.326 e. The van der Waals surface area contributed by atoms with Crippen molar-refractivity contribution in [2.75, 3.05) is 40.5 Å². The minimum absolute atomic E-state index is 0.312. The van der Waals surface area contributed by atoms with Crippen LogP contribution >= 0.6 is 0 Å². The fraction of sp³-hybridized carbons (Fsp3) is 0.400. The molecule has 34 nitrogen and oxygen atoms in total. The summed E-state index contributed by atoms with van der Waals surface area (Å²) in [4.78, 5) is 204. The van der Waals surface area contributed by atoms with Crippen LogP contribution in [0.25, 0.3) is 21.5 Å². The van der Waals surface area contributed by atoms with Gasteiger partial charge in [0.1, 0.15) is 61.0 Å². The predicted octanol–water partition coefficient (Wildman–Crippen LogP) is -0.546. The van der Waals surface area contributed by atoms with E-state index in [1.807, 2.05) is 29.6 Å². The fourth-order valence-electron chi connectivity index (χ4n) is 8.97. The van der Waals surface area contributed by atoms with E-state index in [2.05, 4.69) is 5.32 Å². The number of ether oxygens (including phenoxy) is 4. The van der Waals surface area contributed by atoms with E-state index in [0.29, 0.717) is 22.6 Å². The van der Waals surface area contributed by atoms with Gasteiger partial charge in [0.15, 0.2) is 0 Å². The van der Waals surface area contributed by atoms with Gasteiger partial charge in [-0.15, -0.1) is 0 Å². The minimum atomic E-state index is -2.41. The SMILES string of the molecule is COc1ccc2cc([C@H](C)C(=O)OCCN(CCOC(=O)[C@@H](C)c3ccc4cc(OC)ccc4c3)C(=O)CCC(=O)N[C@@H](CC(=O)O)C(=O)N[C@@H](CC(=O)O)C(=O)N[C@@H](CC(=O)O)C(=O)N[C@@H](CC(=O)O)C(=O)N[C@@H](CC(=O)O)C(=O)N[C@@H](CC(=O)O)C(=O)O)ccc2c1. The van der Waals surface area contributed by atoms with Gasteiger partial charge >= 0.3 is 53.7 Å². The lowest BCUT2D eigenvalue weighted by Gasteiger charge is -2.26. The zero-order chi connectivity index (χ0) is 70.1. The highest BCUT2D eigenvalue weighted by Crippen LogP contribution is 2.28. The second-order valence-electron chi connectivity index (χ2n) is 21.0. The third kappa shape index (κ3) is 24.0. The number of benzene rings is 4. The summed E-state index contributed by atoms with van der Waals surface area (Å²) in [5.41, 5.74) is 1.20. The van der Waals surface area contributed by atoms with Gasteiger partial charge in [0.05, 0.1) is 77.7 Å². The number of amides is 7. The predicted molar refractivity (Wildman–Crippen MR) is 318 cm³/mol. The Balaban J connectivity index is 1.49. The van der Waals surface area contributed by atoms with Crippen molar-refractivity contribution in [1.29, 1.82) is 0 Å². The molecule has 4 rings (SSSR count). The van der Waals surface area contributed by atoms with Crippen LogP contribution in [0.1, 0.15) is 88.2 Å². The average molecular weight is 1320 g/mol. The van der Waals surface area contributed by atoms with Crippen molar-refractivity contribution >= 4 is 117 Å². The summed E-state index contributed by atoms with van der Waals surface area (Å²) in [5, 5.41) is 80.5. The standard InChI is InChI=1S/C60H69N7O27/c1-29(31-5-7-35-21-37(91-3)11-9-33(35)19-31)59(89)93-17-15-67(16-18-94-60(90)30(2)32-6-8-36-22-38(92-4)12-10-34(36)20-32)46(69)14-13-45(68)61-39(23-47(70)71)53(82)62-40(24-48(72)73)54(83)63-41(25-49(74)75)55(84)64-42(26-50(76)77)56(85)65-43(27-51(78)79)57(86)66-44(58(87)88)28-52(80)81/h5-12,19-22,29-30,39-44H,13-18,23-28H2,1-4H3,(H,61,68)(H,62,82)(H,63,83)(H,64,84)(H,65,85)(H,66,86)(H,70,71)(H,72,73)(H,74,75)(H,76,77)(H,78,79)(H,80,81)(H,87,88)/t29-,30-,39-,40-,41-,42-,43-,44-/m0/s1. The first-order valence-corrected chi connectivity index (χ1v) is 28.4. The fourth-order valence-corrected chi connectivity index (χ4v) is 8.97. The number of rotatable bonds is 39. The van der Waals surface area contributed by atoms with Gasteiger partial charge in [-0.05, 0) is 70.8 Å². The molecular formula is C60H69N7O27. The van der Waals surface area contributed by atoms with E-state index >= 15 is 0 Å². The number of esters is 2. The summed E-state index contributed by atoms with van der Waals surface area (Å²) in [6.07, 6.45) is -9.58. The summed E-state index contributed by atoms with van der Waals surface area (Å²) < 4.78 is 21.7. The van der Waals surface area contributed by atoms with Crippen molar-refractivity contribution in [2.45, 2.75) is 113 Å². The monoisotopic (exact) mass is 1320 g/mol. The van der Waals surface area contributed by atoms with Crippen molar-refractivity contribution in [3.63, 3.8) is 0 Å². The van der Waals surface area contributed by atoms with Crippen LogP contribution in [0.15, 0.2) is 72.8 Å². The van der Waals surface area contributed by atoms with Crippen LogP contribution in [0.2, 0.25) is 0 Å². The van der Waals surface area contributed by atoms with Crippen LogP contribution < -0.4 is 41.4 Å². The highest BCUT2D eigenvalue weighted by Gasteiger charge is 2.37. The first-order valence-electron chi connectivity index (χ1n) is 28.4.